The van der Waals surface area contributed by atoms with E-state index >= 15 is 0 Å². The molecule has 1 aromatic heterocycles. The molecule has 146 valence electrons. The number of esters is 1. The topological polar surface area (TPSA) is 77.5 Å². The van der Waals surface area contributed by atoms with Crippen molar-refractivity contribution < 1.29 is 19.1 Å². The molecule has 1 heterocycles. The van der Waals surface area contributed by atoms with E-state index in [-0.39, 0.29) is 19.8 Å². The molecule has 0 saturated heterocycles. The molecule has 0 radical (unpaired) electrons. The van der Waals surface area contributed by atoms with Gasteiger partial charge in [-0.2, -0.15) is 0 Å². The lowest BCUT2D eigenvalue weighted by molar-refractivity contribution is -0.152. The molecule has 0 saturated carbocycles. The highest BCUT2D eigenvalue weighted by Crippen LogP contribution is 2.22. The summed E-state index contributed by atoms with van der Waals surface area (Å²) in [6, 6.07) is 21.2. The summed E-state index contributed by atoms with van der Waals surface area (Å²) in [5.41, 5.74) is 1.56. The third kappa shape index (κ3) is 4.96. The maximum absolute atomic E-state index is 12.0. The number of carbonyl (C=O) groups excluding carboxylic acids is 2. The van der Waals surface area contributed by atoms with Crippen molar-refractivity contribution in [3.05, 3.63) is 71.7 Å². The number of nitrogens with zero attached hydrogens (tertiary/aromatic N) is 1. The molecular formula is C22H18N2O4S. The lowest BCUT2D eigenvalue weighted by atomic mass is 10.1. The monoisotopic (exact) mass is 406 g/mol. The number of nitrogens with one attached hydrogen (secondary N) is 1. The fourth-order valence-corrected chi connectivity index (χ4v) is 3.76. The van der Waals surface area contributed by atoms with Crippen molar-refractivity contribution >= 4 is 49.9 Å². The van der Waals surface area contributed by atoms with Crippen LogP contribution in [0.4, 0.5) is 5.69 Å². The number of ether oxygens (including phenoxy) is 2. The molecule has 0 aliphatic rings. The van der Waals surface area contributed by atoms with E-state index in [9.17, 15) is 9.59 Å². The Bertz CT molecular complexity index is 1140. The average Bonchev–Trinajstić information content (AvgIpc) is 3.15. The second-order valence-electron chi connectivity index (χ2n) is 6.34. The summed E-state index contributed by atoms with van der Waals surface area (Å²) in [5, 5.41) is 5.61. The Labute approximate surface area is 171 Å². The third-order valence-corrected chi connectivity index (χ3v) is 5.19. The van der Waals surface area contributed by atoms with Gasteiger partial charge in [-0.3, -0.25) is 4.79 Å². The molecule has 3 aromatic carbocycles. The van der Waals surface area contributed by atoms with Crippen molar-refractivity contribution in [3.8, 4) is 0 Å². The van der Waals surface area contributed by atoms with Gasteiger partial charge in [0.15, 0.2) is 6.61 Å². The van der Waals surface area contributed by atoms with Gasteiger partial charge in [-0.25, -0.2) is 9.78 Å². The number of benzene rings is 3. The van der Waals surface area contributed by atoms with Crippen molar-refractivity contribution in [2.45, 2.75) is 6.61 Å². The second-order valence-corrected chi connectivity index (χ2v) is 7.45. The van der Waals surface area contributed by atoms with Gasteiger partial charge in [0.1, 0.15) is 11.6 Å². The van der Waals surface area contributed by atoms with Crippen LogP contribution in [0, 0.1) is 0 Å². The van der Waals surface area contributed by atoms with E-state index in [2.05, 4.69) is 10.3 Å². The molecule has 0 spiro atoms. The van der Waals surface area contributed by atoms with Gasteiger partial charge in [-0.1, -0.05) is 42.5 Å². The first-order chi connectivity index (χ1) is 14.2. The molecule has 0 aliphatic heterocycles. The molecule has 6 nitrogen and oxygen atoms in total. The Morgan fingerprint density at radius 1 is 0.931 bits per heavy atom. The van der Waals surface area contributed by atoms with E-state index in [1.54, 1.807) is 0 Å². The minimum atomic E-state index is -0.597. The molecule has 1 amide bonds. The first-order valence-corrected chi connectivity index (χ1v) is 9.85. The highest BCUT2D eigenvalue weighted by Gasteiger charge is 2.10. The smallest absolute Gasteiger partial charge is 0.332 e. The summed E-state index contributed by atoms with van der Waals surface area (Å²) in [6.07, 6.45) is 0. The number of para-hydroxylation sites is 1. The van der Waals surface area contributed by atoms with Crippen LogP contribution in [0.2, 0.25) is 0 Å². The van der Waals surface area contributed by atoms with Crippen LogP contribution >= 0.6 is 11.3 Å². The van der Waals surface area contributed by atoms with Crippen LogP contribution in [0.3, 0.4) is 0 Å². The van der Waals surface area contributed by atoms with Crippen molar-refractivity contribution in [1.29, 1.82) is 0 Å². The van der Waals surface area contributed by atoms with E-state index in [0.29, 0.717) is 5.69 Å². The fourth-order valence-electron chi connectivity index (χ4n) is 2.86. The normalized spacial score (nSPS) is 10.9. The minimum Gasteiger partial charge on any atom is -0.454 e. The zero-order chi connectivity index (χ0) is 20.1. The zero-order valence-corrected chi connectivity index (χ0v) is 16.3. The van der Waals surface area contributed by atoms with Crippen LogP contribution in [-0.4, -0.2) is 30.1 Å². The number of fused-ring (bicyclic) bond motifs is 2. The van der Waals surface area contributed by atoms with Crippen LogP contribution in [0.1, 0.15) is 5.01 Å². The van der Waals surface area contributed by atoms with E-state index in [1.807, 2.05) is 66.7 Å². The third-order valence-electron chi connectivity index (χ3n) is 4.18. The quantitative estimate of drug-likeness (QED) is 0.467. The van der Waals surface area contributed by atoms with E-state index in [0.717, 1.165) is 26.0 Å². The van der Waals surface area contributed by atoms with Crippen LogP contribution in [-0.2, 0) is 25.7 Å². The Kier molecular flexibility index (Phi) is 5.79. The summed E-state index contributed by atoms with van der Waals surface area (Å²) >= 11 is 1.52. The van der Waals surface area contributed by atoms with E-state index in [1.165, 1.54) is 11.3 Å². The summed E-state index contributed by atoms with van der Waals surface area (Å²) in [7, 11) is 0. The number of hydrogen-bond donors (Lipinski definition) is 1. The molecule has 29 heavy (non-hydrogen) atoms. The van der Waals surface area contributed by atoms with Crippen molar-refractivity contribution in [1.82, 2.24) is 4.98 Å². The molecule has 1 N–H and O–H groups in total. The lowest BCUT2D eigenvalue weighted by Crippen LogP contribution is -2.22. The maximum atomic E-state index is 12.0. The van der Waals surface area contributed by atoms with Gasteiger partial charge in [0.05, 0.1) is 16.8 Å². The number of thiazole rings is 1. The van der Waals surface area contributed by atoms with Crippen molar-refractivity contribution in [2.75, 3.05) is 18.5 Å². The number of anilines is 1. The minimum absolute atomic E-state index is 0.220. The van der Waals surface area contributed by atoms with Crippen LogP contribution in [0.5, 0.6) is 0 Å². The molecule has 0 fully saturated rings. The maximum Gasteiger partial charge on any atom is 0.332 e. The summed E-state index contributed by atoms with van der Waals surface area (Å²) in [4.78, 5) is 28.2. The van der Waals surface area contributed by atoms with Gasteiger partial charge < -0.3 is 14.8 Å². The first-order valence-electron chi connectivity index (χ1n) is 9.04. The van der Waals surface area contributed by atoms with Gasteiger partial charge in [-0.05, 0) is 35.0 Å². The average molecular weight is 406 g/mol. The van der Waals surface area contributed by atoms with Crippen LogP contribution < -0.4 is 5.32 Å². The van der Waals surface area contributed by atoms with Crippen molar-refractivity contribution in [2.24, 2.45) is 0 Å². The Hall–Kier alpha value is -3.29. The van der Waals surface area contributed by atoms with E-state index < -0.39 is 11.9 Å². The molecule has 0 aliphatic carbocycles. The van der Waals surface area contributed by atoms with Gasteiger partial charge >= 0.3 is 5.97 Å². The van der Waals surface area contributed by atoms with Crippen LogP contribution in [0.25, 0.3) is 21.0 Å². The molecule has 0 bridgehead atoms. The number of carbonyl (C=O) groups is 2. The molecule has 4 rings (SSSR count). The molecule has 0 atom stereocenters. The second kappa shape index (κ2) is 8.81. The Morgan fingerprint density at radius 2 is 1.72 bits per heavy atom. The summed E-state index contributed by atoms with van der Waals surface area (Å²) in [6.45, 7) is -0.382. The Morgan fingerprint density at radius 3 is 2.59 bits per heavy atom. The highest BCUT2D eigenvalue weighted by molar-refractivity contribution is 7.18. The SMILES string of the molecule is O=C(COC(=O)COCc1nc2ccccc2s1)Nc1ccc2ccccc2c1. The summed E-state index contributed by atoms with van der Waals surface area (Å²) < 4.78 is 11.4. The fraction of sp³-hybridized carbons (Fsp3) is 0.136. The predicted molar refractivity (Wildman–Crippen MR) is 113 cm³/mol. The molecule has 7 heteroatoms. The molecule has 4 aromatic rings. The number of rotatable bonds is 7. The number of hydrogen-bond acceptors (Lipinski definition) is 6. The highest BCUT2D eigenvalue weighted by atomic mass is 32.1. The van der Waals surface area contributed by atoms with Crippen molar-refractivity contribution in [3.63, 3.8) is 0 Å². The molecular weight excluding hydrogens is 388 g/mol. The van der Waals surface area contributed by atoms with Gasteiger partial charge in [0.2, 0.25) is 0 Å². The van der Waals surface area contributed by atoms with Gasteiger partial charge in [0.25, 0.3) is 5.91 Å². The van der Waals surface area contributed by atoms with Gasteiger partial charge in [0, 0.05) is 5.69 Å². The molecule has 0 unspecified atom stereocenters. The standard InChI is InChI=1S/C22H18N2O4S/c25-20(23-17-10-9-15-5-1-2-6-16(15)11-17)12-28-22(26)14-27-13-21-24-18-7-3-4-8-19(18)29-21/h1-11H,12-14H2,(H,23,25). The van der Waals surface area contributed by atoms with Gasteiger partial charge in [-0.15, -0.1) is 11.3 Å². The number of amides is 1. The van der Waals surface area contributed by atoms with E-state index in [4.69, 9.17) is 9.47 Å². The summed E-state index contributed by atoms with van der Waals surface area (Å²) in [5.74, 6) is -1.00. The Balaban J connectivity index is 1.20. The number of aromatic nitrogens is 1. The largest absolute Gasteiger partial charge is 0.454 e. The van der Waals surface area contributed by atoms with Crippen LogP contribution in [0.15, 0.2) is 66.7 Å². The predicted octanol–water partition coefficient (Wildman–Crippen LogP) is 4.15. The lowest BCUT2D eigenvalue weighted by Gasteiger charge is -2.08. The zero-order valence-electron chi connectivity index (χ0n) is 15.5. The first kappa shape index (κ1) is 19.0.